The van der Waals surface area contributed by atoms with Crippen molar-refractivity contribution < 1.29 is 54.1 Å². The van der Waals surface area contributed by atoms with E-state index in [4.69, 9.17) is 26.6 Å². The van der Waals surface area contributed by atoms with E-state index in [1.54, 1.807) is 5.48 Å². The van der Waals surface area contributed by atoms with Gasteiger partial charge in [-0.05, 0) is 36.2 Å². The smallest absolute Gasteiger partial charge is 0.475 e. The number of carbonyl (C=O) groups is 1. The Hall–Kier alpha value is -2.95. The first-order chi connectivity index (χ1) is 18.0. The van der Waals surface area contributed by atoms with Gasteiger partial charge in [-0.1, -0.05) is 16.8 Å². The highest BCUT2D eigenvalue weighted by molar-refractivity contribution is 7.90. The fraction of sp³-hybridized carbons (Fsp3) is 0.412. The molecule has 1 aromatic heterocycles. The van der Waals surface area contributed by atoms with E-state index in [2.05, 4.69) is 24.7 Å². The molecule has 1 aromatic carbocycles. The molecule has 39 heavy (non-hydrogen) atoms. The Kier molecular flexibility index (Phi) is 10.7. The van der Waals surface area contributed by atoms with E-state index in [9.17, 15) is 39.6 Å². The predicted molar refractivity (Wildman–Crippen MR) is 124 cm³/mol. The number of benzene rings is 1. The zero-order valence-corrected chi connectivity index (χ0v) is 21.7. The third-order valence-corrected chi connectivity index (χ3v) is 8.18. The summed E-state index contributed by atoms with van der Waals surface area (Å²) in [5.41, 5.74) is 1.88. The van der Waals surface area contributed by atoms with Crippen LogP contribution in [-0.2, 0) is 31.6 Å². The molecule has 0 atom stereocenters. The fourth-order valence-corrected chi connectivity index (χ4v) is 5.30. The number of alkyl halides is 3. The van der Waals surface area contributed by atoms with E-state index in [1.165, 1.54) is 12.1 Å². The molecule has 3 rings (SSSR count). The van der Waals surface area contributed by atoms with Gasteiger partial charge in [0.25, 0.3) is 10.2 Å². The minimum atomic E-state index is -5.08. The van der Waals surface area contributed by atoms with Crippen LogP contribution in [-0.4, -0.2) is 78.1 Å². The number of aromatic nitrogens is 2. The summed E-state index contributed by atoms with van der Waals surface area (Å²) in [6.07, 6.45) is -4.96. The number of aliphatic imine (C=N–C) groups is 1. The first-order valence-electron chi connectivity index (χ1n) is 10.3. The summed E-state index contributed by atoms with van der Waals surface area (Å²) in [4.78, 5) is 12.9. The second-order valence-corrected chi connectivity index (χ2v) is 11.5. The second kappa shape index (κ2) is 12.9. The van der Waals surface area contributed by atoms with E-state index in [0.717, 1.165) is 10.4 Å². The van der Waals surface area contributed by atoms with Gasteiger partial charge in [0.2, 0.25) is 10.0 Å². The van der Waals surface area contributed by atoms with Gasteiger partial charge in [-0.25, -0.2) is 37.1 Å². The van der Waals surface area contributed by atoms with Crippen molar-refractivity contribution >= 4 is 49.3 Å². The molecular weight excluding hydrogens is 606 g/mol. The zero-order valence-electron chi connectivity index (χ0n) is 19.3. The first kappa shape index (κ1) is 32.3. The van der Waals surface area contributed by atoms with Gasteiger partial charge in [0, 0.05) is 13.1 Å². The normalized spacial score (nSPS) is 15.9. The van der Waals surface area contributed by atoms with Crippen LogP contribution in [0, 0.1) is 5.82 Å². The van der Waals surface area contributed by atoms with Gasteiger partial charge >= 0.3 is 12.1 Å². The molecule has 6 N–H and O–H groups in total. The van der Waals surface area contributed by atoms with Crippen LogP contribution in [0.25, 0.3) is 0 Å². The number of nitrogens with zero attached hydrogens (tertiary/aromatic N) is 4. The number of nitrogens with two attached hydrogens (primary N) is 1. The Morgan fingerprint density at radius 1 is 1.23 bits per heavy atom. The molecule has 1 fully saturated rings. The molecule has 22 heteroatoms. The molecule has 2 heterocycles. The summed E-state index contributed by atoms with van der Waals surface area (Å²) in [6, 6.07) is 3.58. The molecule has 1 aliphatic rings. The minimum Gasteiger partial charge on any atom is -0.475 e. The molecule has 0 unspecified atom stereocenters. The number of amidine groups is 1. The number of piperidine rings is 1. The summed E-state index contributed by atoms with van der Waals surface area (Å²) >= 11 is 5.71. The standard InChI is InChI=1S/C15H19ClFN7O6S2.C2HF3O2/c16-11-7-9(1-2-12(11)17)20-15(21-25)14-13(22-30-23-14)8-19-31(26,27)10-3-5-24(6-4-10)32(18,28)29;3-2(4,5)1(6)7/h1-2,7,10,19,25H,3-6,8H2,(H,20,21)(H2,18,28,29);(H,6,7). The van der Waals surface area contributed by atoms with Crippen LogP contribution in [0.5, 0.6) is 0 Å². The van der Waals surface area contributed by atoms with E-state index in [1.807, 2.05) is 0 Å². The number of rotatable bonds is 7. The molecule has 218 valence electrons. The van der Waals surface area contributed by atoms with Crippen molar-refractivity contribution in [1.29, 1.82) is 0 Å². The van der Waals surface area contributed by atoms with Crippen molar-refractivity contribution in [2.45, 2.75) is 30.8 Å². The van der Waals surface area contributed by atoms with Crippen LogP contribution in [0.4, 0.5) is 23.2 Å². The largest absolute Gasteiger partial charge is 0.490 e. The summed E-state index contributed by atoms with van der Waals surface area (Å²) < 4.78 is 101. The van der Waals surface area contributed by atoms with Crippen molar-refractivity contribution in [2.24, 2.45) is 10.1 Å². The Morgan fingerprint density at radius 2 is 1.82 bits per heavy atom. The van der Waals surface area contributed by atoms with Gasteiger partial charge < -0.3 is 5.11 Å². The van der Waals surface area contributed by atoms with Gasteiger partial charge in [0.1, 0.15) is 11.5 Å². The summed E-state index contributed by atoms with van der Waals surface area (Å²) in [5.74, 6) is -3.66. The molecule has 2 aromatic rings. The highest BCUT2D eigenvalue weighted by atomic mass is 35.5. The monoisotopic (exact) mass is 625 g/mol. The SMILES string of the molecule is NS(=O)(=O)N1CCC(S(=O)(=O)NCc2nonc2C(=Nc2ccc(F)c(Cl)c2)NO)CC1.O=C(O)C(F)(F)F. The Bertz CT molecular complexity index is 1410. The van der Waals surface area contributed by atoms with Crippen molar-refractivity contribution in [3.05, 3.63) is 40.4 Å². The topological polar surface area (TPSA) is 230 Å². The maximum absolute atomic E-state index is 13.3. The van der Waals surface area contributed by atoms with E-state index < -0.39 is 43.4 Å². The minimum absolute atomic E-state index is 0.00376. The van der Waals surface area contributed by atoms with E-state index >= 15 is 0 Å². The van der Waals surface area contributed by atoms with Crippen molar-refractivity contribution in [3.8, 4) is 0 Å². The lowest BCUT2D eigenvalue weighted by Gasteiger charge is -2.29. The summed E-state index contributed by atoms with van der Waals surface area (Å²) in [6.45, 7) is -0.388. The van der Waals surface area contributed by atoms with Crippen LogP contribution < -0.4 is 15.3 Å². The van der Waals surface area contributed by atoms with Crippen molar-refractivity contribution in [3.63, 3.8) is 0 Å². The quantitative estimate of drug-likeness (QED) is 0.124. The van der Waals surface area contributed by atoms with E-state index in [0.29, 0.717) is 0 Å². The number of hydrogen-bond acceptors (Lipinski definition) is 10. The number of halogens is 5. The molecule has 1 saturated heterocycles. The lowest BCUT2D eigenvalue weighted by molar-refractivity contribution is -0.192. The number of hydroxylamine groups is 1. The third-order valence-electron chi connectivity index (χ3n) is 4.91. The molecule has 0 spiro atoms. The van der Waals surface area contributed by atoms with Crippen LogP contribution in [0.2, 0.25) is 5.02 Å². The van der Waals surface area contributed by atoms with Gasteiger partial charge in [-0.3, -0.25) is 10.7 Å². The number of hydrogen-bond donors (Lipinski definition) is 5. The van der Waals surface area contributed by atoms with Gasteiger partial charge in [-0.2, -0.15) is 25.9 Å². The number of carboxylic acids is 1. The second-order valence-electron chi connectivity index (χ2n) is 7.54. The third kappa shape index (κ3) is 9.33. The van der Waals surface area contributed by atoms with Gasteiger partial charge in [-0.15, -0.1) is 0 Å². The highest BCUT2D eigenvalue weighted by Crippen LogP contribution is 2.23. The molecule has 0 amide bonds. The van der Waals surface area contributed by atoms with E-state index in [-0.39, 0.29) is 60.4 Å². The maximum Gasteiger partial charge on any atom is 0.490 e. The van der Waals surface area contributed by atoms with Gasteiger partial charge in [0.15, 0.2) is 11.5 Å². The summed E-state index contributed by atoms with van der Waals surface area (Å²) in [7, 11) is -7.73. The molecule has 0 saturated carbocycles. The number of nitrogens with one attached hydrogen (secondary N) is 2. The molecule has 0 radical (unpaired) electrons. The van der Waals surface area contributed by atoms with Crippen LogP contribution in [0.15, 0.2) is 27.8 Å². The molecular formula is C17H20ClF4N7O8S2. The average Bonchev–Trinajstić information content (AvgIpc) is 3.31. The van der Waals surface area contributed by atoms with Crippen LogP contribution in [0.3, 0.4) is 0 Å². The molecule has 0 aliphatic carbocycles. The zero-order chi connectivity index (χ0) is 29.6. The maximum atomic E-state index is 13.3. The molecule has 15 nitrogen and oxygen atoms in total. The fourth-order valence-electron chi connectivity index (χ4n) is 3.00. The van der Waals surface area contributed by atoms with Crippen molar-refractivity contribution in [1.82, 2.24) is 24.8 Å². The Balaban J connectivity index is 0.000000673. The number of sulfonamides is 1. The van der Waals surface area contributed by atoms with Crippen LogP contribution in [0.1, 0.15) is 24.2 Å². The number of carboxylic acid groups (broad SMARTS) is 1. The Morgan fingerprint density at radius 3 is 2.31 bits per heavy atom. The number of aliphatic carboxylic acids is 1. The summed E-state index contributed by atoms with van der Waals surface area (Å²) in [5, 5.41) is 27.8. The Labute approximate surface area is 222 Å². The van der Waals surface area contributed by atoms with Crippen molar-refractivity contribution in [2.75, 3.05) is 13.1 Å². The van der Waals surface area contributed by atoms with Gasteiger partial charge in [0.05, 0.1) is 22.5 Å². The lowest BCUT2D eigenvalue weighted by atomic mass is 10.2. The predicted octanol–water partition coefficient (Wildman–Crippen LogP) is 0.640. The average molecular weight is 626 g/mol. The molecule has 0 bridgehead atoms. The lowest BCUT2D eigenvalue weighted by Crippen LogP contribution is -2.47. The highest BCUT2D eigenvalue weighted by Gasteiger charge is 2.38. The first-order valence-corrected chi connectivity index (χ1v) is 13.7. The molecule has 1 aliphatic heterocycles. The van der Waals surface area contributed by atoms with Crippen LogP contribution >= 0.6 is 11.6 Å².